The number of amides is 1. The van der Waals surface area contributed by atoms with Crippen molar-refractivity contribution in [2.24, 2.45) is 0 Å². The van der Waals surface area contributed by atoms with Gasteiger partial charge in [0.15, 0.2) is 0 Å². The van der Waals surface area contributed by atoms with Crippen LogP contribution < -0.4 is 4.90 Å². The lowest BCUT2D eigenvalue weighted by molar-refractivity contribution is -0.120. The number of anilines is 1. The number of carbonyl (C=O) groups is 2. The second-order valence-corrected chi connectivity index (χ2v) is 8.80. The van der Waals surface area contributed by atoms with Crippen LogP contribution in [-0.4, -0.2) is 17.0 Å². The van der Waals surface area contributed by atoms with Crippen molar-refractivity contribution in [3.8, 4) is 0 Å². The average molecular weight is 456 g/mol. The molecule has 1 amide bonds. The summed E-state index contributed by atoms with van der Waals surface area (Å²) in [6, 6.07) is 16.4. The standard InChI is InChI=1S/C24H16Cl2FNO3/c25-15-4-2-14(3-5-15)19-11-24(19)18-10-16(27)6-8-21(18)28(23(24)31)12-13-1-7-20(26)17(9-13)22(29)30/h1-10,19H,11-12H2,(H,29,30)/t19-,24-/m0/s1. The van der Waals surface area contributed by atoms with Crippen LogP contribution in [0.3, 0.4) is 0 Å². The molecule has 2 aliphatic rings. The van der Waals surface area contributed by atoms with Crippen LogP contribution in [0, 0.1) is 5.82 Å². The first-order chi connectivity index (χ1) is 14.8. The third kappa shape index (κ3) is 3.11. The fraction of sp³-hybridized carbons (Fsp3) is 0.167. The fourth-order valence-corrected chi connectivity index (χ4v) is 4.96. The van der Waals surface area contributed by atoms with Gasteiger partial charge in [-0.05, 0) is 65.6 Å². The second-order valence-electron chi connectivity index (χ2n) is 7.95. The predicted molar refractivity (Wildman–Crippen MR) is 116 cm³/mol. The first-order valence-corrected chi connectivity index (χ1v) is 10.5. The van der Waals surface area contributed by atoms with Crippen molar-refractivity contribution in [3.63, 3.8) is 0 Å². The average Bonchev–Trinajstić information content (AvgIpc) is 3.45. The predicted octanol–water partition coefficient (Wildman–Crippen LogP) is 5.80. The Morgan fingerprint density at radius 3 is 2.55 bits per heavy atom. The zero-order valence-corrected chi connectivity index (χ0v) is 17.6. The highest BCUT2D eigenvalue weighted by atomic mass is 35.5. The molecule has 0 saturated heterocycles. The van der Waals surface area contributed by atoms with Crippen LogP contribution in [0.2, 0.25) is 10.0 Å². The van der Waals surface area contributed by atoms with E-state index in [1.807, 2.05) is 12.1 Å². The van der Waals surface area contributed by atoms with Gasteiger partial charge in [-0.2, -0.15) is 0 Å². The molecule has 0 unspecified atom stereocenters. The van der Waals surface area contributed by atoms with Crippen LogP contribution in [0.5, 0.6) is 0 Å². The third-order valence-corrected chi connectivity index (χ3v) is 6.77. The lowest BCUT2D eigenvalue weighted by Gasteiger charge is -2.19. The minimum atomic E-state index is -1.14. The number of rotatable bonds is 4. The Morgan fingerprint density at radius 1 is 1.10 bits per heavy atom. The van der Waals surface area contributed by atoms with Crippen molar-refractivity contribution in [1.82, 2.24) is 0 Å². The Labute approximate surface area is 187 Å². The number of carbonyl (C=O) groups excluding carboxylic acids is 1. The Balaban J connectivity index is 1.54. The summed E-state index contributed by atoms with van der Waals surface area (Å²) in [6.07, 6.45) is 0.585. The van der Waals surface area contributed by atoms with E-state index in [-0.39, 0.29) is 29.0 Å². The number of nitrogens with zero attached hydrogens (tertiary/aromatic N) is 1. The van der Waals surface area contributed by atoms with Crippen LogP contribution in [0.4, 0.5) is 10.1 Å². The van der Waals surface area contributed by atoms with E-state index in [9.17, 15) is 19.1 Å². The largest absolute Gasteiger partial charge is 0.478 e. The summed E-state index contributed by atoms with van der Waals surface area (Å²) in [7, 11) is 0. The van der Waals surface area contributed by atoms with Gasteiger partial charge in [0.2, 0.25) is 5.91 Å². The Bertz CT molecular complexity index is 1240. The minimum absolute atomic E-state index is 0.0229. The maximum Gasteiger partial charge on any atom is 0.337 e. The molecule has 1 N–H and O–H groups in total. The molecule has 2 atom stereocenters. The highest BCUT2D eigenvalue weighted by Crippen LogP contribution is 2.66. The van der Waals surface area contributed by atoms with Gasteiger partial charge in [0.1, 0.15) is 5.82 Å². The molecule has 31 heavy (non-hydrogen) atoms. The van der Waals surface area contributed by atoms with Gasteiger partial charge in [0.05, 0.1) is 22.5 Å². The molecule has 1 aliphatic carbocycles. The van der Waals surface area contributed by atoms with Crippen LogP contribution in [0.1, 0.15) is 39.4 Å². The Kier molecular flexibility index (Phi) is 4.57. The van der Waals surface area contributed by atoms with E-state index >= 15 is 0 Å². The van der Waals surface area contributed by atoms with Crippen molar-refractivity contribution in [2.75, 3.05) is 4.90 Å². The number of carboxylic acids is 1. The van der Waals surface area contributed by atoms with Crippen molar-refractivity contribution in [2.45, 2.75) is 24.3 Å². The second kappa shape index (κ2) is 7.08. The first kappa shape index (κ1) is 20.0. The van der Waals surface area contributed by atoms with E-state index in [0.29, 0.717) is 28.3 Å². The van der Waals surface area contributed by atoms with Gasteiger partial charge in [-0.25, -0.2) is 9.18 Å². The molecule has 3 aromatic carbocycles. The number of halogens is 3. The van der Waals surface area contributed by atoms with Crippen LogP contribution >= 0.6 is 23.2 Å². The zero-order valence-electron chi connectivity index (χ0n) is 16.1. The Morgan fingerprint density at radius 2 is 1.84 bits per heavy atom. The van der Waals surface area contributed by atoms with Crippen molar-refractivity contribution in [3.05, 3.63) is 98.8 Å². The normalized spacial score (nSPS) is 21.5. The molecule has 1 heterocycles. The molecule has 1 spiro atoms. The molecule has 1 fully saturated rings. The molecule has 156 valence electrons. The van der Waals surface area contributed by atoms with Gasteiger partial charge in [-0.3, -0.25) is 4.79 Å². The van der Waals surface area contributed by atoms with Crippen molar-refractivity contribution >= 4 is 40.8 Å². The van der Waals surface area contributed by atoms with E-state index in [1.165, 1.54) is 24.3 Å². The van der Waals surface area contributed by atoms with Crippen molar-refractivity contribution in [1.29, 1.82) is 0 Å². The molecule has 0 bridgehead atoms. The summed E-state index contributed by atoms with van der Waals surface area (Å²) < 4.78 is 14.2. The van der Waals surface area contributed by atoms with E-state index in [1.54, 1.807) is 29.2 Å². The monoisotopic (exact) mass is 455 g/mol. The van der Waals surface area contributed by atoms with Gasteiger partial charge in [-0.1, -0.05) is 41.4 Å². The van der Waals surface area contributed by atoms with Crippen LogP contribution in [-0.2, 0) is 16.8 Å². The number of hydrogen-bond donors (Lipinski definition) is 1. The SMILES string of the molecule is O=C(O)c1cc(CN2C(=O)[C@@]3(C[C@H]3c3ccc(Cl)cc3)c3cc(F)ccc32)ccc1Cl. The van der Waals surface area contributed by atoms with Gasteiger partial charge >= 0.3 is 5.97 Å². The molecular formula is C24H16Cl2FNO3. The minimum Gasteiger partial charge on any atom is -0.478 e. The molecule has 0 aromatic heterocycles. The van der Waals surface area contributed by atoms with E-state index < -0.39 is 17.2 Å². The van der Waals surface area contributed by atoms with Gasteiger partial charge in [0, 0.05) is 16.6 Å². The topological polar surface area (TPSA) is 57.6 Å². The summed E-state index contributed by atoms with van der Waals surface area (Å²) in [4.78, 5) is 26.7. The molecule has 1 saturated carbocycles. The molecule has 7 heteroatoms. The lowest BCUT2D eigenvalue weighted by atomic mass is 9.92. The fourth-order valence-electron chi connectivity index (χ4n) is 4.64. The van der Waals surface area contributed by atoms with Gasteiger partial charge in [-0.15, -0.1) is 0 Å². The number of benzene rings is 3. The third-order valence-electron chi connectivity index (χ3n) is 6.19. The lowest BCUT2D eigenvalue weighted by Crippen LogP contribution is -2.32. The van der Waals surface area contributed by atoms with Gasteiger partial charge < -0.3 is 10.0 Å². The number of carboxylic acid groups (broad SMARTS) is 1. The highest BCUT2D eigenvalue weighted by molar-refractivity contribution is 6.33. The van der Waals surface area contributed by atoms with Gasteiger partial charge in [0.25, 0.3) is 0 Å². The summed E-state index contributed by atoms with van der Waals surface area (Å²) in [5, 5.41) is 10.1. The maximum atomic E-state index is 14.2. The number of aromatic carboxylic acids is 1. The van der Waals surface area contributed by atoms with E-state index in [0.717, 1.165) is 5.56 Å². The summed E-state index contributed by atoms with van der Waals surface area (Å²) in [5.74, 6) is -1.71. The molecule has 5 rings (SSSR count). The molecule has 3 aromatic rings. The first-order valence-electron chi connectivity index (χ1n) is 9.70. The number of fused-ring (bicyclic) bond motifs is 2. The molecule has 4 nitrogen and oxygen atoms in total. The number of hydrogen-bond acceptors (Lipinski definition) is 2. The molecular weight excluding hydrogens is 440 g/mol. The maximum absolute atomic E-state index is 14.2. The van der Waals surface area contributed by atoms with E-state index in [4.69, 9.17) is 23.2 Å². The molecule has 1 aliphatic heterocycles. The van der Waals surface area contributed by atoms with Crippen LogP contribution in [0.15, 0.2) is 60.7 Å². The van der Waals surface area contributed by atoms with Crippen molar-refractivity contribution < 1.29 is 19.1 Å². The summed E-state index contributed by atoms with van der Waals surface area (Å²) >= 11 is 12.0. The van der Waals surface area contributed by atoms with E-state index in [2.05, 4.69) is 0 Å². The summed E-state index contributed by atoms with van der Waals surface area (Å²) in [6.45, 7) is 0.171. The van der Waals surface area contributed by atoms with Crippen LogP contribution in [0.25, 0.3) is 0 Å². The quantitative estimate of drug-likeness (QED) is 0.540. The smallest absolute Gasteiger partial charge is 0.337 e. The zero-order chi connectivity index (χ0) is 21.9. The summed E-state index contributed by atoms with van der Waals surface area (Å²) in [5.41, 5.74) is 2.10. The highest BCUT2D eigenvalue weighted by Gasteiger charge is 2.67. The molecule has 0 radical (unpaired) electrons. The Hall–Kier alpha value is -2.89.